The summed E-state index contributed by atoms with van der Waals surface area (Å²) in [5.74, 6) is 0. The Morgan fingerprint density at radius 1 is 1.14 bits per heavy atom. The van der Waals surface area contributed by atoms with E-state index in [0.717, 1.165) is 22.4 Å². The van der Waals surface area contributed by atoms with E-state index in [-0.39, 0.29) is 6.03 Å². The molecule has 1 atom stereocenters. The highest BCUT2D eigenvalue weighted by molar-refractivity contribution is 5.96. The number of urea groups is 1. The summed E-state index contributed by atoms with van der Waals surface area (Å²) in [6, 6.07) is 16.2. The van der Waals surface area contributed by atoms with E-state index >= 15 is 0 Å². The van der Waals surface area contributed by atoms with Gasteiger partial charge >= 0.3 is 6.03 Å². The zero-order valence-electron chi connectivity index (χ0n) is 12.7. The van der Waals surface area contributed by atoms with Crippen LogP contribution in [0, 0.1) is 6.92 Å². The first-order chi connectivity index (χ1) is 10.6. The fourth-order valence-electron chi connectivity index (χ4n) is 3.53. The van der Waals surface area contributed by atoms with E-state index in [0.29, 0.717) is 13.2 Å². The van der Waals surface area contributed by atoms with Crippen LogP contribution in [-0.4, -0.2) is 31.1 Å². The summed E-state index contributed by atoms with van der Waals surface area (Å²) in [6.07, 6.45) is 0. The minimum Gasteiger partial charge on any atom is -0.345 e. The van der Waals surface area contributed by atoms with Crippen LogP contribution < -0.4 is 4.90 Å². The van der Waals surface area contributed by atoms with Crippen LogP contribution in [0.25, 0.3) is 0 Å². The first-order valence-corrected chi connectivity index (χ1v) is 7.50. The van der Waals surface area contributed by atoms with Gasteiger partial charge in [0.25, 0.3) is 0 Å². The number of aryl methyl sites for hydroxylation is 1. The third kappa shape index (κ3) is 1.58. The number of hydrogen-bond donors (Lipinski definition) is 0. The van der Waals surface area contributed by atoms with Crippen LogP contribution in [0.2, 0.25) is 0 Å². The van der Waals surface area contributed by atoms with Crippen LogP contribution in [0.1, 0.15) is 16.7 Å². The molecule has 0 aromatic heterocycles. The molecule has 0 aliphatic carbocycles. The van der Waals surface area contributed by atoms with E-state index in [2.05, 4.69) is 13.0 Å². The van der Waals surface area contributed by atoms with Crippen molar-refractivity contribution < 1.29 is 9.53 Å². The Balaban J connectivity index is 2.05. The molecule has 2 aromatic carbocycles. The van der Waals surface area contributed by atoms with Crippen LogP contribution in [0.4, 0.5) is 10.5 Å². The molecule has 2 aromatic rings. The number of benzene rings is 2. The summed E-state index contributed by atoms with van der Waals surface area (Å²) in [4.78, 5) is 16.4. The predicted molar refractivity (Wildman–Crippen MR) is 84.9 cm³/mol. The number of nitrogens with zero attached hydrogens (tertiary/aromatic N) is 2. The maximum atomic E-state index is 12.8. The second-order valence-corrected chi connectivity index (χ2v) is 5.87. The number of anilines is 1. The zero-order chi connectivity index (χ0) is 15.3. The van der Waals surface area contributed by atoms with Crippen molar-refractivity contribution >= 4 is 11.7 Å². The van der Waals surface area contributed by atoms with Gasteiger partial charge in [0.05, 0.1) is 12.3 Å². The van der Waals surface area contributed by atoms with Gasteiger partial charge in [-0.3, -0.25) is 9.80 Å². The highest BCUT2D eigenvalue weighted by atomic mass is 16.5. The number of rotatable bonds is 1. The van der Waals surface area contributed by atoms with Crippen LogP contribution >= 0.6 is 0 Å². The molecule has 22 heavy (non-hydrogen) atoms. The lowest BCUT2D eigenvalue weighted by Gasteiger charge is -2.45. The molecular formula is C18H18N2O2. The van der Waals surface area contributed by atoms with Crippen molar-refractivity contribution in [2.45, 2.75) is 12.6 Å². The van der Waals surface area contributed by atoms with E-state index in [1.807, 2.05) is 54.4 Å². The second kappa shape index (κ2) is 4.58. The molecule has 0 bridgehead atoms. The third-order valence-corrected chi connectivity index (χ3v) is 4.57. The molecule has 2 aliphatic heterocycles. The molecule has 0 spiro atoms. The molecule has 0 N–H and O–H groups in total. The molecule has 0 saturated carbocycles. The molecule has 1 unspecified atom stereocenters. The Bertz CT molecular complexity index is 744. The summed E-state index contributed by atoms with van der Waals surface area (Å²) in [5, 5.41) is 0. The zero-order valence-corrected chi connectivity index (χ0v) is 12.7. The maximum Gasteiger partial charge on any atom is 0.327 e. The lowest BCUT2D eigenvalue weighted by Crippen LogP contribution is -2.55. The van der Waals surface area contributed by atoms with Gasteiger partial charge in [0.15, 0.2) is 5.72 Å². The number of hydrogen-bond acceptors (Lipinski definition) is 2. The minimum atomic E-state index is -0.799. The fraction of sp³-hybridized carbons (Fsp3) is 0.278. The van der Waals surface area contributed by atoms with Gasteiger partial charge in [0.1, 0.15) is 0 Å². The summed E-state index contributed by atoms with van der Waals surface area (Å²) in [6.45, 7) is 3.21. The first kappa shape index (κ1) is 13.3. The summed E-state index contributed by atoms with van der Waals surface area (Å²) in [5.41, 5.74) is 3.32. The number of carbonyl (C=O) groups is 1. The van der Waals surface area contributed by atoms with Crippen molar-refractivity contribution in [2.24, 2.45) is 0 Å². The lowest BCUT2D eigenvalue weighted by molar-refractivity contribution is -0.0344. The van der Waals surface area contributed by atoms with Gasteiger partial charge in [-0.05, 0) is 19.1 Å². The van der Waals surface area contributed by atoms with Gasteiger partial charge in [-0.2, -0.15) is 0 Å². The van der Waals surface area contributed by atoms with Gasteiger partial charge in [-0.15, -0.1) is 0 Å². The summed E-state index contributed by atoms with van der Waals surface area (Å²) < 4.78 is 6.21. The number of ether oxygens (including phenoxy) is 1. The number of amides is 2. The van der Waals surface area contributed by atoms with Crippen LogP contribution in [0.15, 0.2) is 48.5 Å². The quantitative estimate of drug-likeness (QED) is 0.809. The van der Waals surface area contributed by atoms with E-state index < -0.39 is 5.72 Å². The van der Waals surface area contributed by atoms with Crippen LogP contribution in [-0.2, 0) is 10.5 Å². The minimum absolute atomic E-state index is 0.0160. The Kier molecular flexibility index (Phi) is 2.78. The Morgan fingerprint density at radius 2 is 1.91 bits per heavy atom. The van der Waals surface area contributed by atoms with Gasteiger partial charge < -0.3 is 4.74 Å². The molecule has 1 saturated heterocycles. The highest BCUT2D eigenvalue weighted by Gasteiger charge is 2.53. The lowest BCUT2D eigenvalue weighted by atomic mass is 9.88. The monoisotopic (exact) mass is 294 g/mol. The summed E-state index contributed by atoms with van der Waals surface area (Å²) >= 11 is 0. The van der Waals surface area contributed by atoms with Crippen LogP contribution in [0.3, 0.4) is 0 Å². The number of fused-ring (bicyclic) bond motifs is 3. The average molecular weight is 294 g/mol. The average Bonchev–Trinajstić information content (AvgIpc) is 3.00. The molecule has 2 aliphatic rings. The van der Waals surface area contributed by atoms with Gasteiger partial charge in [0.2, 0.25) is 0 Å². The topological polar surface area (TPSA) is 32.8 Å². The SMILES string of the molecule is Cc1ccc2c(c1)C1(c3ccccc3)OCCN1C(=O)N2C. The van der Waals surface area contributed by atoms with E-state index in [1.54, 1.807) is 4.90 Å². The van der Waals surface area contributed by atoms with Crippen molar-refractivity contribution in [3.05, 3.63) is 65.2 Å². The normalized spacial score (nSPS) is 23.5. The van der Waals surface area contributed by atoms with E-state index in [4.69, 9.17) is 4.74 Å². The Labute approximate surface area is 129 Å². The molecule has 2 amide bonds. The molecule has 1 fully saturated rings. The maximum absolute atomic E-state index is 12.8. The van der Waals surface area contributed by atoms with Gasteiger partial charge in [-0.1, -0.05) is 42.0 Å². The van der Waals surface area contributed by atoms with Crippen molar-refractivity contribution in [1.82, 2.24) is 4.90 Å². The molecule has 4 rings (SSSR count). The molecule has 2 heterocycles. The highest BCUT2D eigenvalue weighted by Crippen LogP contribution is 2.48. The molecular weight excluding hydrogens is 276 g/mol. The molecule has 4 heteroatoms. The van der Waals surface area contributed by atoms with Crippen molar-refractivity contribution in [3.63, 3.8) is 0 Å². The van der Waals surface area contributed by atoms with E-state index in [9.17, 15) is 4.79 Å². The third-order valence-electron chi connectivity index (χ3n) is 4.57. The smallest absolute Gasteiger partial charge is 0.327 e. The Morgan fingerprint density at radius 3 is 2.68 bits per heavy atom. The van der Waals surface area contributed by atoms with E-state index in [1.165, 1.54) is 0 Å². The second-order valence-electron chi connectivity index (χ2n) is 5.87. The van der Waals surface area contributed by atoms with Crippen molar-refractivity contribution in [3.8, 4) is 0 Å². The largest absolute Gasteiger partial charge is 0.345 e. The molecule has 112 valence electrons. The van der Waals surface area contributed by atoms with Crippen molar-refractivity contribution in [1.29, 1.82) is 0 Å². The molecule has 0 radical (unpaired) electrons. The predicted octanol–water partition coefficient (Wildman–Crippen LogP) is 3.10. The number of carbonyl (C=O) groups excluding carboxylic acids is 1. The van der Waals surface area contributed by atoms with Gasteiger partial charge in [0, 0.05) is 24.7 Å². The summed E-state index contributed by atoms with van der Waals surface area (Å²) in [7, 11) is 1.82. The standard InChI is InChI=1S/C18H18N2O2/c1-13-8-9-16-15(12-13)18(14-6-4-3-5-7-14)20(10-11-22-18)17(21)19(16)2/h3-9,12H,10-11H2,1-2H3. The van der Waals surface area contributed by atoms with Crippen molar-refractivity contribution in [2.75, 3.05) is 25.1 Å². The first-order valence-electron chi connectivity index (χ1n) is 7.50. The van der Waals surface area contributed by atoms with Gasteiger partial charge in [-0.25, -0.2) is 4.79 Å². The van der Waals surface area contributed by atoms with Crippen LogP contribution in [0.5, 0.6) is 0 Å². The molecule has 4 nitrogen and oxygen atoms in total. The Hall–Kier alpha value is -2.33. The fourth-order valence-corrected chi connectivity index (χ4v) is 3.53.